The van der Waals surface area contributed by atoms with Gasteiger partial charge in [0.15, 0.2) is 17.2 Å². The molecule has 0 unspecified atom stereocenters. The molecule has 0 spiro atoms. The quantitative estimate of drug-likeness (QED) is 0.377. The minimum Gasteiger partial charge on any atom is -0.391 e. The molecule has 1 fully saturated rings. The first-order chi connectivity index (χ1) is 10.1. The summed E-state index contributed by atoms with van der Waals surface area (Å²) in [5, 5.41) is 32.8. The van der Waals surface area contributed by atoms with Crippen molar-refractivity contribution >= 4 is 17.0 Å². The summed E-state index contributed by atoms with van der Waals surface area (Å²) >= 11 is 0. The Hall–Kier alpha value is -2.30. The number of azide groups is 1. The van der Waals surface area contributed by atoms with E-state index in [2.05, 4.69) is 25.0 Å². The molecule has 1 aliphatic heterocycles. The number of aromatic nitrogens is 4. The summed E-state index contributed by atoms with van der Waals surface area (Å²) in [5.74, 6) is 0.0161. The Morgan fingerprint density at radius 2 is 2.29 bits per heavy atom. The Morgan fingerprint density at radius 3 is 2.90 bits per heavy atom. The zero-order valence-corrected chi connectivity index (χ0v) is 10.6. The number of ether oxygens (including phenoxy) is 1. The molecule has 110 valence electrons. The van der Waals surface area contributed by atoms with Crippen LogP contribution >= 0.6 is 0 Å². The fraction of sp³-hybridized carbons (Fsp3) is 0.500. The van der Waals surface area contributed by atoms with Crippen LogP contribution in [0.3, 0.4) is 0 Å². The van der Waals surface area contributed by atoms with E-state index in [9.17, 15) is 15.3 Å². The third-order valence-electron chi connectivity index (χ3n) is 3.42. The number of imidazole rings is 1. The zero-order chi connectivity index (χ0) is 15.0. The van der Waals surface area contributed by atoms with E-state index in [0.29, 0.717) is 0 Å². The smallest absolute Gasteiger partial charge is 0.199 e. The molecule has 3 heterocycles. The van der Waals surface area contributed by atoms with E-state index < -0.39 is 24.5 Å². The zero-order valence-electron chi connectivity index (χ0n) is 10.6. The molecular weight excluding hydrogens is 282 g/mol. The van der Waals surface area contributed by atoms with Crippen LogP contribution in [-0.2, 0) is 10.5 Å². The van der Waals surface area contributed by atoms with Crippen molar-refractivity contribution in [3.05, 3.63) is 23.1 Å². The van der Waals surface area contributed by atoms with Crippen molar-refractivity contribution in [2.24, 2.45) is 5.11 Å². The maximum atomic E-state index is 10.1. The largest absolute Gasteiger partial charge is 0.391 e. The topological polar surface area (TPSA) is 162 Å². The summed E-state index contributed by atoms with van der Waals surface area (Å²) < 4.78 is 6.67. The number of rotatable bonds is 3. The maximum absolute atomic E-state index is 10.1. The minimum absolute atomic E-state index is 0.0161. The van der Waals surface area contributed by atoms with Gasteiger partial charge in [0.25, 0.3) is 0 Å². The normalized spacial score (nSPS) is 28.7. The predicted octanol–water partition coefficient (Wildman–Crippen LogP) is -0.835. The second-order valence-electron chi connectivity index (χ2n) is 4.50. The maximum Gasteiger partial charge on any atom is 0.199 e. The van der Waals surface area contributed by atoms with Crippen LogP contribution in [0.5, 0.6) is 0 Å². The van der Waals surface area contributed by atoms with Crippen LogP contribution in [0.4, 0.5) is 5.82 Å². The molecule has 0 amide bonds. The number of aliphatic hydroxyl groups is 3. The van der Waals surface area contributed by atoms with E-state index in [4.69, 9.17) is 10.3 Å². The molecule has 0 bridgehead atoms. The van der Waals surface area contributed by atoms with E-state index in [-0.39, 0.29) is 23.6 Å². The van der Waals surface area contributed by atoms with Gasteiger partial charge < -0.3 is 20.1 Å². The number of hydrogen-bond donors (Lipinski definition) is 3. The summed E-state index contributed by atoms with van der Waals surface area (Å²) in [6, 6.07) is 0. The first kappa shape index (κ1) is 13.7. The number of aliphatic hydroxyl groups excluding tert-OH is 3. The fourth-order valence-corrected chi connectivity index (χ4v) is 2.35. The summed E-state index contributed by atoms with van der Waals surface area (Å²) in [6.07, 6.45) is -0.0774. The molecule has 3 rings (SSSR count). The van der Waals surface area contributed by atoms with Gasteiger partial charge in [0, 0.05) is 4.91 Å². The van der Waals surface area contributed by atoms with E-state index in [1.54, 1.807) is 0 Å². The molecule has 21 heavy (non-hydrogen) atoms. The van der Waals surface area contributed by atoms with Gasteiger partial charge in [-0.25, -0.2) is 15.0 Å². The van der Waals surface area contributed by atoms with Gasteiger partial charge in [0.05, 0.1) is 19.5 Å². The molecule has 3 N–H and O–H groups in total. The lowest BCUT2D eigenvalue weighted by Gasteiger charge is -2.31. The third-order valence-corrected chi connectivity index (χ3v) is 3.42. The van der Waals surface area contributed by atoms with Gasteiger partial charge in [-0.05, 0) is 10.6 Å². The summed E-state index contributed by atoms with van der Waals surface area (Å²) in [4.78, 5) is 14.5. The average Bonchev–Trinajstić information content (AvgIpc) is 3.04. The first-order valence-electron chi connectivity index (χ1n) is 5.98. The van der Waals surface area contributed by atoms with Crippen LogP contribution in [0.25, 0.3) is 21.6 Å². The minimum atomic E-state index is -1.60. The Morgan fingerprint density at radius 1 is 1.48 bits per heavy atom. The van der Waals surface area contributed by atoms with Gasteiger partial charge in [0.2, 0.25) is 0 Å². The van der Waals surface area contributed by atoms with Crippen molar-refractivity contribution in [3.63, 3.8) is 0 Å². The van der Waals surface area contributed by atoms with Gasteiger partial charge in [-0.15, -0.1) is 0 Å². The number of nitrogens with zero attached hydrogens (tertiary/aromatic N) is 7. The molecule has 11 heteroatoms. The highest BCUT2D eigenvalue weighted by atomic mass is 16.6. The molecule has 0 aromatic carbocycles. The number of hydrogen-bond acceptors (Lipinski definition) is 8. The molecule has 1 saturated heterocycles. The molecular formula is C10H11N7O4. The molecule has 1 aliphatic rings. The molecule has 0 aliphatic carbocycles. The second kappa shape index (κ2) is 4.91. The Kier molecular flexibility index (Phi) is 3.20. The van der Waals surface area contributed by atoms with Crippen LogP contribution in [0.1, 0.15) is 0 Å². The van der Waals surface area contributed by atoms with Gasteiger partial charge in [-0.3, -0.25) is 4.57 Å². The highest BCUT2D eigenvalue weighted by molar-refractivity contribution is 5.81. The van der Waals surface area contributed by atoms with Crippen LogP contribution < -0.4 is 0 Å². The Bertz CT molecular complexity index is 727. The highest BCUT2D eigenvalue weighted by Crippen LogP contribution is 2.34. The van der Waals surface area contributed by atoms with Crippen molar-refractivity contribution in [2.75, 3.05) is 13.2 Å². The van der Waals surface area contributed by atoms with Gasteiger partial charge in [0.1, 0.15) is 24.1 Å². The monoisotopic (exact) mass is 293 g/mol. The van der Waals surface area contributed by atoms with E-state index in [1.165, 1.54) is 10.9 Å². The van der Waals surface area contributed by atoms with Gasteiger partial charge in [-0.2, -0.15) is 0 Å². The van der Waals surface area contributed by atoms with Crippen molar-refractivity contribution in [3.8, 4) is 0 Å². The van der Waals surface area contributed by atoms with Crippen molar-refractivity contribution in [1.29, 1.82) is 0 Å². The van der Waals surface area contributed by atoms with E-state index in [0.717, 1.165) is 6.33 Å². The van der Waals surface area contributed by atoms with Crippen LogP contribution in [0.15, 0.2) is 17.8 Å². The number of fused-ring (bicyclic) bond motifs is 1. The summed E-state index contributed by atoms with van der Waals surface area (Å²) in [6.45, 7) is -0.743. The summed E-state index contributed by atoms with van der Waals surface area (Å²) in [5.41, 5.74) is 7.29. The summed E-state index contributed by atoms with van der Waals surface area (Å²) in [7, 11) is 0. The second-order valence-corrected chi connectivity index (χ2v) is 4.50. The standard InChI is InChI=1S/C10H11N7O4/c11-16-15-8-6-9(13-3-12-8)17(4-14-6)10(2-18)7(20)5(19)1-21-10/h3-5,7,18-20H,1-2H2/t5-,7+,10+/m1/s1. The van der Waals surface area contributed by atoms with E-state index >= 15 is 0 Å². The van der Waals surface area contributed by atoms with Gasteiger partial charge in [-0.1, -0.05) is 0 Å². The highest BCUT2D eigenvalue weighted by Gasteiger charge is 2.51. The fourth-order valence-electron chi connectivity index (χ4n) is 2.35. The Labute approximate surface area is 117 Å². The average molecular weight is 293 g/mol. The van der Waals surface area contributed by atoms with Crippen LogP contribution in [0.2, 0.25) is 0 Å². The lowest BCUT2D eigenvalue weighted by molar-refractivity contribution is -0.149. The molecule has 0 saturated carbocycles. The van der Waals surface area contributed by atoms with E-state index in [1.807, 2.05) is 0 Å². The van der Waals surface area contributed by atoms with Crippen molar-refractivity contribution < 1.29 is 20.1 Å². The van der Waals surface area contributed by atoms with Gasteiger partial charge >= 0.3 is 0 Å². The Balaban J connectivity index is 2.21. The molecule has 2 aromatic rings. The lowest BCUT2D eigenvalue weighted by Crippen LogP contribution is -2.48. The predicted molar refractivity (Wildman–Crippen MR) is 67.2 cm³/mol. The molecule has 2 aromatic heterocycles. The van der Waals surface area contributed by atoms with Crippen molar-refractivity contribution in [1.82, 2.24) is 19.5 Å². The first-order valence-corrected chi connectivity index (χ1v) is 5.98. The molecule has 3 atom stereocenters. The SMILES string of the molecule is [N-]=[N+]=Nc1ncnc2c1ncn2[C@@]1(CO)OC[C@@H](O)[C@@H]1O. The van der Waals surface area contributed by atoms with Crippen LogP contribution in [0, 0.1) is 0 Å². The van der Waals surface area contributed by atoms with Crippen molar-refractivity contribution in [2.45, 2.75) is 17.9 Å². The van der Waals surface area contributed by atoms with Crippen LogP contribution in [-0.4, -0.2) is 60.3 Å². The molecule has 0 radical (unpaired) electrons. The third kappa shape index (κ3) is 1.84. The molecule has 11 nitrogen and oxygen atoms in total. The lowest BCUT2D eigenvalue weighted by atomic mass is 10.1.